The minimum absolute atomic E-state index is 0.0197. The van der Waals surface area contributed by atoms with Crippen LogP contribution in [0.15, 0.2) is 82.2 Å². The first kappa shape index (κ1) is 21.0. The van der Waals surface area contributed by atoms with Gasteiger partial charge in [-0.05, 0) is 29.8 Å². The number of nitriles is 1. The molecule has 0 aliphatic carbocycles. The first-order valence-corrected chi connectivity index (χ1v) is 9.33. The highest BCUT2D eigenvalue weighted by molar-refractivity contribution is 7.80. The van der Waals surface area contributed by atoms with Gasteiger partial charge in [-0.15, -0.1) is 12.6 Å². The summed E-state index contributed by atoms with van der Waals surface area (Å²) in [5.41, 5.74) is 7.44. The van der Waals surface area contributed by atoms with Crippen molar-refractivity contribution in [1.29, 1.82) is 5.26 Å². The second-order valence-corrected chi connectivity index (χ2v) is 6.87. The van der Waals surface area contributed by atoms with Crippen molar-refractivity contribution in [3.05, 3.63) is 82.8 Å². The molecule has 152 valence electrons. The highest BCUT2D eigenvalue weighted by Gasteiger charge is 2.42. The zero-order valence-electron chi connectivity index (χ0n) is 16.3. The Labute approximate surface area is 179 Å². The van der Waals surface area contributed by atoms with Crippen LogP contribution < -0.4 is 10.6 Å². The summed E-state index contributed by atoms with van der Waals surface area (Å²) in [6, 6.07) is 17.7. The summed E-state index contributed by atoms with van der Waals surface area (Å²) in [7, 11) is 2.41. The summed E-state index contributed by atoms with van der Waals surface area (Å²) in [4.78, 5) is 27.8. The van der Waals surface area contributed by atoms with Crippen LogP contribution in [0.1, 0.15) is 11.5 Å². The average Bonchev–Trinajstić information content (AvgIpc) is 2.78. The van der Waals surface area contributed by atoms with Crippen LogP contribution in [0, 0.1) is 11.3 Å². The number of ether oxygens (including phenoxy) is 2. The first-order valence-electron chi connectivity index (χ1n) is 8.89. The Kier molecular flexibility index (Phi) is 6.14. The normalized spacial score (nSPS) is 16.2. The highest BCUT2D eigenvalue weighted by Crippen LogP contribution is 2.43. The highest BCUT2D eigenvalue weighted by atomic mass is 32.1. The monoisotopic (exact) mass is 421 g/mol. The lowest BCUT2D eigenvalue weighted by molar-refractivity contribution is -0.139. The number of nitrogens with two attached hydrogens (primary N) is 1. The Balaban J connectivity index is 2.39. The predicted molar refractivity (Wildman–Crippen MR) is 113 cm³/mol. The van der Waals surface area contributed by atoms with Crippen LogP contribution in [-0.2, 0) is 19.1 Å². The van der Waals surface area contributed by atoms with E-state index in [0.29, 0.717) is 16.1 Å². The fourth-order valence-electron chi connectivity index (χ4n) is 3.38. The number of methoxy groups -OCH3 is 2. The maximum Gasteiger partial charge on any atom is 0.355 e. The molecule has 2 aromatic carbocycles. The molecule has 0 radical (unpaired) electrons. The third-order valence-corrected chi connectivity index (χ3v) is 5.02. The van der Waals surface area contributed by atoms with Crippen LogP contribution in [0.3, 0.4) is 0 Å². The van der Waals surface area contributed by atoms with Crippen molar-refractivity contribution < 1.29 is 19.1 Å². The summed E-state index contributed by atoms with van der Waals surface area (Å²) < 4.78 is 9.95. The van der Waals surface area contributed by atoms with Crippen LogP contribution in [0.4, 0.5) is 5.69 Å². The molecule has 1 aliphatic heterocycles. The second-order valence-electron chi connectivity index (χ2n) is 6.35. The van der Waals surface area contributed by atoms with Gasteiger partial charge in [0.15, 0.2) is 0 Å². The Morgan fingerprint density at radius 2 is 1.63 bits per heavy atom. The van der Waals surface area contributed by atoms with Gasteiger partial charge in [-0.25, -0.2) is 9.59 Å². The van der Waals surface area contributed by atoms with Gasteiger partial charge in [0, 0.05) is 10.6 Å². The first-order chi connectivity index (χ1) is 14.4. The molecule has 3 rings (SSSR count). The average molecular weight is 421 g/mol. The molecule has 1 aliphatic rings. The lowest BCUT2D eigenvalue weighted by atomic mass is 9.81. The van der Waals surface area contributed by atoms with Crippen molar-refractivity contribution in [2.24, 2.45) is 5.73 Å². The molecular formula is C22H19N3O4S. The molecule has 1 unspecified atom stereocenters. The van der Waals surface area contributed by atoms with Gasteiger partial charge in [-0.3, -0.25) is 4.90 Å². The third kappa shape index (κ3) is 3.63. The minimum Gasteiger partial charge on any atom is -0.466 e. The summed E-state index contributed by atoms with van der Waals surface area (Å²) in [5.74, 6) is -2.42. The maximum atomic E-state index is 12.9. The molecule has 0 spiro atoms. The summed E-state index contributed by atoms with van der Waals surface area (Å²) in [5, 5.41) is 9.94. The number of allylic oxidation sites excluding steroid dienone is 1. The van der Waals surface area contributed by atoms with E-state index in [0.717, 1.165) is 0 Å². The summed E-state index contributed by atoms with van der Waals surface area (Å²) in [6.45, 7) is 0. The van der Waals surface area contributed by atoms with Crippen molar-refractivity contribution >= 4 is 30.3 Å². The Hall–Kier alpha value is -3.70. The minimum atomic E-state index is -0.891. The third-order valence-electron chi connectivity index (χ3n) is 4.72. The van der Waals surface area contributed by atoms with Crippen LogP contribution in [-0.4, -0.2) is 26.2 Å². The smallest absolute Gasteiger partial charge is 0.355 e. The number of benzene rings is 2. The molecule has 0 aromatic heterocycles. The van der Waals surface area contributed by atoms with Gasteiger partial charge in [0.1, 0.15) is 11.5 Å². The van der Waals surface area contributed by atoms with Gasteiger partial charge in [0.2, 0.25) is 0 Å². The quantitative estimate of drug-likeness (QED) is 0.578. The lowest BCUT2D eigenvalue weighted by Crippen LogP contribution is -2.40. The Bertz CT molecular complexity index is 1090. The van der Waals surface area contributed by atoms with Gasteiger partial charge in [-0.1, -0.05) is 30.3 Å². The molecular weight excluding hydrogens is 402 g/mol. The number of carbonyl (C=O) groups excluding carboxylic acids is 2. The number of anilines is 1. The largest absolute Gasteiger partial charge is 0.466 e. The van der Waals surface area contributed by atoms with Crippen molar-refractivity contribution in [1.82, 2.24) is 0 Å². The van der Waals surface area contributed by atoms with Crippen LogP contribution in [0.25, 0.3) is 0 Å². The zero-order valence-corrected chi connectivity index (χ0v) is 17.2. The lowest BCUT2D eigenvalue weighted by Gasteiger charge is -2.35. The Morgan fingerprint density at radius 1 is 1.03 bits per heavy atom. The topological polar surface area (TPSA) is 106 Å². The fraction of sp³-hybridized carbons (Fsp3) is 0.136. The number of thiol groups is 1. The maximum absolute atomic E-state index is 12.9. The van der Waals surface area contributed by atoms with Gasteiger partial charge < -0.3 is 15.2 Å². The number of hydrogen-bond acceptors (Lipinski definition) is 8. The van der Waals surface area contributed by atoms with E-state index in [2.05, 4.69) is 18.7 Å². The number of hydrogen-bond donors (Lipinski definition) is 2. The second kappa shape index (κ2) is 8.76. The molecule has 0 fully saturated rings. The molecule has 2 aromatic rings. The molecule has 0 bridgehead atoms. The van der Waals surface area contributed by atoms with Gasteiger partial charge >= 0.3 is 11.9 Å². The van der Waals surface area contributed by atoms with E-state index >= 15 is 0 Å². The van der Waals surface area contributed by atoms with E-state index in [1.54, 1.807) is 54.6 Å². The molecule has 1 heterocycles. The molecule has 30 heavy (non-hydrogen) atoms. The van der Waals surface area contributed by atoms with Crippen LogP contribution in [0.2, 0.25) is 0 Å². The SMILES string of the molecule is COC(=O)C1=C(C(=O)OC)N(c2ccc(S)cc2)C(N)=C(C#N)C1c1ccccc1. The van der Waals surface area contributed by atoms with E-state index in [4.69, 9.17) is 15.2 Å². The molecule has 7 nitrogen and oxygen atoms in total. The van der Waals surface area contributed by atoms with Crippen LogP contribution >= 0.6 is 12.6 Å². The van der Waals surface area contributed by atoms with Gasteiger partial charge in [0.05, 0.1) is 37.4 Å². The van der Waals surface area contributed by atoms with Gasteiger partial charge in [0.25, 0.3) is 0 Å². The molecule has 8 heteroatoms. The van der Waals surface area contributed by atoms with Crippen molar-refractivity contribution in [3.63, 3.8) is 0 Å². The van der Waals surface area contributed by atoms with E-state index in [1.807, 2.05) is 0 Å². The molecule has 1 atom stereocenters. The molecule has 0 saturated carbocycles. The number of carbonyl (C=O) groups is 2. The zero-order chi connectivity index (χ0) is 21.8. The number of esters is 2. The van der Waals surface area contributed by atoms with Crippen LogP contribution in [0.5, 0.6) is 0 Å². The predicted octanol–water partition coefficient (Wildman–Crippen LogP) is 2.87. The van der Waals surface area contributed by atoms with Crippen molar-refractivity contribution in [3.8, 4) is 6.07 Å². The van der Waals surface area contributed by atoms with E-state index in [1.165, 1.54) is 19.1 Å². The molecule has 0 amide bonds. The standard InChI is InChI=1S/C22H19N3O4S/c1-28-21(26)18-17(13-6-4-3-5-7-13)16(12-23)20(24)25(19(18)22(27)29-2)14-8-10-15(30)11-9-14/h3-11,17,30H,24H2,1-2H3. The number of nitrogens with zero attached hydrogens (tertiary/aromatic N) is 2. The summed E-state index contributed by atoms with van der Waals surface area (Å²) in [6.07, 6.45) is 0. The molecule has 0 saturated heterocycles. The van der Waals surface area contributed by atoms with Crippen molar-refractivity contribution in [2.45, 2.75) is 10.8 Å². The Morgan fingerprint density at radius 3 is 2.17 bits per heavy atom. The summed E-state index contributed by atoms with van der Waals surface area (Å²) >= 11 is 4.27. The van der Waals surface area contributed by atoms with E-state index in [-0.39, 0.29) is 22.7 Å². The molecule has 2 N–H and O–H groups in total. The fourth-order valence-corrected chi connectivity index (χ4v) is 3.53. The van der Waals surface area contributed by atoms with E-state index in [9.17, 15) is 14.9 Å². The van der Waals surface area contributed by atoms with Gasteiger partial charge in [-0.2, -0.15) is 5.26 Å². The number of rotatable bonds is 4. The van der Waals surface area contributed by atoms with E-state index < -0.39 is 17.9 Å². The van der Waals surface area contributed by atoms with Crippen molar-refractivity contribution in [2.75, 3.05) is 19.1 Å².